The predicted octanol–water partition coefficient (Wildman–Crippen LogP) is 3.03. The molecule has 0 saturated carbocycles. The molecule has 0 atom stereocenters. The topological polar surface area (TPSA) is 41.6 Å². The van der Waals surface area contributed by atoms with Crippen molar-refractivity contribution < 1.29 is 8.78 Å². The Morgan fingerprint density at radius 2 is 2.00 bits per heavy atom. The Morgan fingerprint density at radius 1 is 1.25 bits per heavy atom. The first kappa shape index (κ1) is 10.7. The van der Waals surface area contributed by atoms with Crippen LogP contribution in [0.2, 0.25) is 0 Å². The fourth-order valence-electron chi connectivity index (χ4n) is 1.79. The van der Waals surface area contributed by atoms with Gasteiger partial charge in [-0.1, -0.05) is 12.1 Å². The molecule has 0 unspecified atom stereocenters. The van der Waals surface area contributed by atoms with Crippen LogP contribution in [0, 0.1) is 13.8 Å². The molecule has 0 aliphatic carbocycles. The Hall–Kier alpha value is -1.78. The number of rotatable bonds is 2. The van der Waals surface area contributed by atoms with Crippen molar-refractivity contribution in [3.05, 3.63) is 35.2 Å². The molecule has 2 aromatic rings. The first-order valence-corrected chi connectivity index (χ1v) is 4.85. The first-order chi connectivity index (χ1) is 7.61. The van der Waals surface area contributed by atoms with E-state index >= 15 is 0 Å². The molecule has 2 rings (SSSR count). The number of hydrogen-bond donors (Lipinski definition) is 1. The van der Waals surface area contributed by atoms with E-state index in [0.717, 1.165) is 0 Å². The van der Waals surface area contributed by atoms with Crippen molar-refractivity contribution in [1.29, 1.82) is 0 Å². The van der Waals surface area contributed by atoms with Crippen LogP contribution in [0.1, 0.15) is 23.1 Å². The molecule has 3 nitrogen and oxygen atoms in total. The Morgan fingerprint density at radius 3 is 2.56 bits per heavy atom. The Balaban J connectivity index is 2.62. The van der Waals surface area contributed by atoms with E-state index in [-0.39, 0.29) is 5.56 Å². The maximum absolute atomic E-state index is 12.9. The van der Waals surface area contributed by atoms with E-state index < -0.39 is 6.43 Å². The molecule has 0 aliphatic rings. The van der Waals surface area contributed by atoms with Gasteiger partial charge in [0, 0.05) is 11.1 Å². The molecule has 5 heteroatoms. The van der Waals surface area contributed by atoms with Gasteiger partial charge in [-0.2, -0.15) is 5.10 Å². The first-order valence-electron chi connectivity index (χ1n) is 4.85. The van der Waals surface area contributed by atoms with Crippen LogP contribution >= 0.6 is 0 Å². The van der Waals surface area contributed by atoms with Gasteiger partial charge in [-0.25, -0.2) is 13.8 Å². The van der Waals surface area contributed by atoms with E-state index in [9.17, 15) is 8.78 Å². The summed E-state index contributed by atoms with van der Waals surface area (Å²) in [5, 5.41) is 6.39. The summed E-state index contributed by atoms with van der Waals surface area (Å²) in [4.78, 5) is 3.97. The monoisotopic (exact) mass is 223 g/mol. The minimum absolute atomic E-state index is 0.0777. The minimum atomic E-state index is -2.47. The SMILES string of the molecule is Cc1ccc(-c2ncn[nH]2)c(C)c1C(F)F. The summed E-state index contributed by atoms with van der Waals surface area (Å²) in [6.07, 6.45) is -1.11. The maximum Gasteiger partial charge on any atom is 0.264 e. The zero-order valence-electron chi connectivity index (χ0n) is 8.96. The lowest BCUT2D eigenvalue weighted by Gasteiger charge is -2.11. The third-order valence-corrected chi connectivity index (χ3v) is 2.62. The minimum Gasteiger partial charge on any atom is -0.259 e. The van der Waals surface area contributed by atoms with Gasteiger partial charge in [-0.15, -0.1) is 0 Å². The van der Waals surface area contributed by atoms with Gasteiger partial charge in [-0.3, -0.25) is 5.10 Å². The van der Waals surface area contributed by atoms with Gasteiger partial charge in [0.1, 0.15) is 6.33 Å². The van der Waals surface area contributed by atoms with E-state index in [1.165, 1.54) is 6.33 Å². The molecular weight excluding hydrogens is 212 g/mol. The number of aromatic amines is 1. The third kappa shape index (κ3) is 1.68. The second kappa shape index (κ2) is 4.00. The van der Waals surface area contributed by atoms with Gasteiger partial charge in [0.05, 0.1) is 0 Å². The standard InChI is InChI=1S/C11H11F2N3/c1-6-3-4-8(11-14-5-15-16-11)7(2)9(6)10(12)13/h3-5,10H,1-2H3,(H,14,15,16). The normalized spacial score (nSPS) is 11.1. The van der Waals surface area contributed by atoms with E-state index in [1.54, 1.807) is 26.0 Å². The summed E-state index contributed by atoms with van der Waals surface area (Å²) in [7, 11) is 0. The number of halogens is 2. The number of aromatic nitrogens is 3. The van der Waals surface area contributed by atoms with Crippen molar-refractivity contribution in [2.24, 2.45) is 0 Å². The Bertz CT molecular complexity index is 492. The van der Waals surface area contributed by atoms with Gasteiger partial charge >= 0.3 is 0 Å². The smallest absolute Gasteiger partial charge is 0.259 e. The number of nitrogens with one attached hydrogen (secondary N) is 1. The molecule has 1 N–H and O–H groups in total. The lowest BCUT2D eigenvalue weighted by atomic mass is 9.97. The molecule has 0 aliphatic heterocycles. The van der Waals surface area contributed by atoms with Crippen molar-refractivity contribution >= 4 is 0 Å². The highest BCUT2D eigenvalue weighted by Crippen LogP contribution is 2.31. The Kier molecular flexibility index (Phi) is 2.68. The van der Waals surface area contributed by atoms with Crippen molar-refractivity contribution in [2.75, 3.05) is 0 Å². The number of aryl methyl sites for hydroxylation is 1. The highest BCUT2D eigenvalue weighted by atomic mass is 19.3. The van der Waals surface area contributed by atoms with Gasteiger partial charge < -0.3 is 0 Å². The summed E-state index contributed by atoms with van der Waals surface area (Å²) in [5.74, 6) is 0.513. The molecule has 0 spiro atoms. The molecule has 0 saturated heterocycles. The molecule has 16 heavy (non-hydrogen) atoms. The summed E-state index contributed by atoms with van der Waals surface area (Å²) in [6.45, 7) is 3.35. The quantitative estimate of drug-likeness (QED) is 0.850. The van der Waals surface area contributed by atoms with Gasteiger partial charge in [0.2, 0.25) is 0 Å². The van der Waals surface area contributed by atoms with Crippen LogP contribution in [0.25, 0.3) is 11.4 Å². The molecule has 1 heterocycles. The largest absolute Gasteiger partial charge is 0.264 e. The molecule has 1 aromatic carbocycles. The molecule has 0 fully saturated rings. The summed E-state index contributed by atoms with van der Waals surface area (Å²) < 4.78 is 25.7. The number of benzene rings is 1. The number of H-pyrrole nitrogens is 1. The second-order valence-corrected chi connectivity index (χ2v) is 3.60. The van der Waals surface area contributed by atoms with E-state index in [4.69, 9.17) is 0 Å². The van der Waals surface area contributed by atoms with Crippen molar-refractivity contribution in [1.82, 2.24) is 15.2 Å². The molecule has 84 valence electrons. The van der Waals surface area contributed by atoms with Crippen LogP contribution in [0.4, 0.5) is 8.78 Å². The summed E-state index contributed by atoms with van der Waals surface area (Å²) >= 11 is 0. The van der Waals surface area contributed by atoms with Gasteiger partial charge in [-0.05, 0) is 25.0 Å². The summed E-state index contributed by atoms with van der Waals surface area (Å²) in [5.41, 5.74) is 1.88. The van der Waals surface area contributed by atoms with Gasteiger partial charge in [0.15, 0.2) is 5.82 Å². The highest BCUT2D eigenvalue weighted by molar-refractivity contribution is 5.63. The van der Waals surface area contributed by atoms with Crippen molar-refractivity contribution in [3.8, 4) is 11.4 Å². The van der Waals surface area contributed by atoms with Crippen LogP contribution in [0.5, 0.6) is 0 Å². The number of nitrogens with zero attached hydrogens (tertiary/aromatic N) is 2. The van der Waals surface area contributed by atoms with E-state index in [0.29, 0.717) is 22.5 Å². The fourth-order valence-corrected chi connectivity index (χ4v) is 1.79. The van der Waals surface area contributed by atoms with E-state index in [2.05, 4.69) is 15.2 Å². The average Bonchev–Trinajstić information content (AvgIpc) is 2.70. The lowest BCUT2D eigenvalue weighted by molar-refractivity contribution is 0.150. The van der Waals surface area contributed by atoms with Crippen LogP contribution in [-0.4, -0.2) is 15.2 Å². The second-order valence-electron chi connectivity index (χ2n) is 3.60. The van der Waals surface area contributed by atoms with Crippen LogP contribution in [0.3, 0.4) is 0 Å². The van der Waals surface area contributed by atoms with Crippen LogP contribution in [-0.2, 0) is 0 Å². The molecule has 0 radical (unpaired) electrons. The van der Waals surface area contributed by atoms with Gasteiger partial charge in [0.25, 0.3) is 6.43 Å². The number of alkyl halides is 2. The molecule has 0 bridgehead atoms. The highest BCUT2D eigenvalue weighted by Gasteiger charge is 2.17. The maximum atomic E-state index is 12.9. The van der Waals surface area contributed by atoms with E-state index in [1.807, 2.05) is 0 Å². The molecule has 1 aromatic heterocycles. The zero-order chi connectivity index (χ0) is 11.7. The fraction of sp³-hybridized carbons (Fsp3) is 0.273. The zero-order valence-corrected chi connectivity index (χ0v) is 8.96. The predicted molar refractivity (Wildman–Crippen MR) is 56.2 cm³/mol. The number of hydrogen-bond acceptors (Lipinski definition) is 2. The molecule has 0 amide bonds. The summed E-state index contributed by atoms with van der Waals surface area (Å²) in [6, 6.07) is 3.45. The Labute approximate surface area is 91.5 Å². The lowest BCUT2D eigenvalue weighted by Crippen LogP contribution is -1.97. The molecular formula is C11H11F2N3. The third-order valence-electron chi connectivity index (χ3n) is 2.62. The van der Waals surface area contributed by atoms with Crippen LogP contribution in [0.15, 0.2) is 18.5 Å². The average molecular weight is 223 g/mol. The van der Waals surface area contributed by atoms with Crippen molar-refractivity contribution in [3.63, 3.8) is 0 Å². The van der Waals surface area contributed by atoms with Crippen LogP contribution < -0.4 is 0 Å². The van der Waals surface area contributed by atoms with Crippen molar-refractivity contribution in [2.45, 2.75) is 20.3 Å².